The number of imidazole rings is 1. The molecule has 2 N–H and O–H groups in total. The van der Waals surface area contributed by atoms with Crippen LogP contribution < -0.4 is 19.9 Å². The molecule has 1 atom stereocenters. The van der Waals surface area contributed by atoms with Crippen LogP contribution in [0, 0.1) is 18.3 Å². The summed E-state index contributed by atoms with van der Waals surface area (Å²) < 4.78 is 50.9. The van der Waals surface area contributed by atoms with Crippen molar-refractivity contribution in [3.8, 4) is 23.2 Å². The van der Waals surface area contributed by atoms with Crippen LogP contribution in [0.15, 0.2) is 46.1 Å². The lowest BCUT2D eigenvalue weighted by atomic mass is 10.1. The summed E-state index contributed by atoms with van der Waals surface area (Å²) in [5.74, 6) is 1.10. The zero-order chi connectivity index (χ0) is 30.9. The number of nitrogens with zero attached hydrogens (tertiary/aromatic N) is 5. The smallest absolute Gasteiger partial charge is 0.417 e. The number of hydrogen-bond donors (Lipinski definition) is 2. The monoisotopic (exact) mass is 611 g/mol. The minimum absolute atomic E-state index is 0.0802. The van der Waals surface area contributed by atoms with E-state index < -0.39 is 23.3 Å². The second kappa shape index (κ2) is 12.1. The van der Waals surface area contributed by atoms with Crippen molar-refractivity contribution >= 4 is 29.1 Å². The number of amides is 1. The van der Waals surface area contributed by atoms with E-state index in [0.717, 1.165) is 18.6 Å². The number of H-pyrrole nitrogens is 1. The third-order valence-electron chi connectivity index (χ3n) is 6.99. The summed E-state index contributed by atoms with van der Waals surface area (Å²) in [6, 6.07) is 9.47. The highest BCUT2D eigenvalue weighted by molar-refractivity contribution is 7.97. The molecule has 2 aromatic carbocycles. The number of halogens is 3. The van der Waals surface area contributed by atoms with Crippen LogP contribution in [0.5, 0.6) is 5.75 Å². The predicted molar refractivity (Wildman–Crippen MR) is 155 cm³/mol. The molecule has 1 unspecified atom stereocenters. The van der Waals surface area contributed by atoms with Crippen molar-refractivity contribution in [3.63, 3.8) is 0 Å². The molecular formula is C29H28F3N7O3S. The standard InChI is InChI=1S/C29H28F3N7O3S/c1-4-6-24-34-16(3)25-27(40)35-26(36-39(24)25)20-14-19(9-10-23(20)42-5-2)43-37-22-11-12-38(28(22)41)18-8-7-17(15-33)21(13-18)29(30,31)32/h7-10,13-14,22,37H,4-6,11-12H2,1-3H3,(H,35,36,40). The average Bonchev–Trinajstić information content (AvgIpc) is 3.50. The number of carbonyl (C=O) groups excluding carboxylic acids is 1. The van der Waals surface area contributed by atoms with Crippen LogP contribution in [-0.4, -0.2) is 44.7 Å². The van der Waals surface area contributed by atoms with Crippen LogP contribution in [0.25, 0.3) is 16.9 Å². The van der Waals surface area contributed by atoms with Crippen LogP contribution in [0.3, 0.4) is 0 Å². The van der Waals surface area contributed by atoms with Crippen LogP contribution in [-0.2, 0) is 17.4 Å². The molecule has 0 aliphatic carbocycles. The van der Waals surface area contributed by atoms with Crippen LogP contribution in [0.1, 0.15) is 49.3 Å². The van der Waals surface area contributed by atoms with Crippen molar-refractivity contribution in [1.82, 2.24) is 24.3 Å². The fourth-order valence-corrected chi connectivity index (χ4v) is 5.81. The Balaban J connectivity index is 1.39. The topological polar surface area (TPSA) is 128 Å². The first kappa shape index (κ1) is 30.1. The number of nitriles is 1. The fourth-order valence-electron chi connectivity index (χ4n) is 5.00. The third-order valence-corrected chi connectivity index (χ3v) is 7.88. The van der Waals surface area contributed by atoms with Crippen molar-refractivity contribution in [2.75, 3.05) is 18.1 Å². The van der Waals surface area contributed by atoms with Gasteiger partial charge in [-0.15, -0.1) is 5.10 Å². The third kappa shape index (κ3) is 5.95. The number of aromatic amines is 1. The second-order valence-electron chi connectivity index (χ2n) is 9.91. The van der Waals surface area contributed by atoms with Crippen molar-refractivity contribution in [2.45, 2.75) is 57.1 Å². The zero-order valence-electron chi connectivity index (χ0n) is 23.6. The SMILES string of the molecule is CCCc1nc(C)c2c(=O)[nH]c(-c3cc(SNC4CCN(c5ccc(C#N)c(C(F)(F)F)c5)C4=O)ccc3OCC)nn12. The molecule has 0 radical (unpaired) electrons. The summed E-state index contributed by atoms with van der Waals surface area (Å²) in [5, 5.41) is 13.8. The highest BCUT2D eigenvalue weighted by atomic mass is 32.2. The molecule has 2 aromatic heterocycles. The molecule has 224 valence electrons. The number of ether oxygens (including phenoxy) is 1. The number of benzene rings is 2. The number of nitrogens with one attached hydrogen (secondary N) is 2. The van der Waals surface area contributed by atoms with E-state index in [2.05, 4.69) is 19.8 Å². The molecular weight excluding hydrogens is 583 g/mol. The first-order valence-corrected chi connectivity index (χ1v) is 14.5. The molecule has 1 aliphatic heterocycles. The van der Waals surface area contributed by atoms with Crippen LogP contribution in [0.2, 0.25) is 0 Å². The number of alkyl halides is 3. The van der Waals surface area contributed by atoms with Crippen LogP contribution in [0.4, 0.5) is 18.9 Å². The zero-order valence-corrected chi connectivity index (χ0v) is 24.4. The Morgan fingerprint density at radius 2 is 2.00 bits per heavy atom. The van der Waals surface area contributed by atoms with Crippen molar-refractivity contribution in [2.24, 2.45) is 0 Å². The largest absolute Gasteiger partial charge is 0.493 e. The number of rotatable bonds is 9. The summed E-state index contributed by atoms with van der Waals surface area (Å²) in [6.07, 6.45) is -2.88. The average molecular weight is 612 g/mol. The fraction of sp³-hybridized carbons (Fsp3) is 0.345. The number of aromatic nitrogens is 4. The number of fused-ring (bicyclic) bond motifs is 1. The molecule has 1 fully saturated rings. The molecule has 1 aliphatic rings. The van der Waals surface area contributed by atoms with E-state index in [1.54, 1.807) is 35.7 Å². The Morgan fingerprint density at radius 3 is 2.70 bits per heavy atom. The number of aryl methyl sites for hydroxylation is 2. The highest BCUT2D eigenvalue weighted by Gasteiger charge is 2.37. The summed E-state index contributed by atoms with van der Waals surface area (Å²) in [4.78, 5) is 35.5. The number of hydrogen-bond acceptors (Lipinski definition) is 8. The predicted octanol–water partition coefficient (Wildman–Crippen LogP) is 5.04. The van der Waals surface area contributed by atoms with Gasteiger partial charge in [-0.2, -0.15) is 18.4 Å². The van der Waals surface area contributed by atoms with Gasteiger partial charge in [0.25, 0.3) is 5.56 Å². The molecule has 1 saturated heterocycles. The Bertz CT molecular complexity index is 1800. The van der Waals surface area contributed by atoms with E-state index >= 15 is 0 Å². The minimum Gasteiger partial charge on any atom is -0.493 e. The van der Waals surface area contributed by atoms with E-state index in [9.17, 15) is 22.8 Å². The first-order valence-electron chi connectivity index (χ1n) is 13.7. The highest BCUT2D eigenvalue weighted by Crippen LogP contribution is 2.36. The molecule has 43 heavy (non-hydrogen) atoms. The Morgan fingerprint density at radius 1 is 1.21 bits per heavy atom. The number of carbonyl (C=O) groups is 1. The molecule has 0 saturated carbocycles. The van der Waals surface area contributed by atoms with Gasteiger partial charge in [0.2, 0.25) is 5.91 Å². The van der Waals surface area contributed by atoms with Gasteiger partial charge < -0.3 is 14.6 Å². The molecule has 1 amide bonds. The van der Waals surface area contributed by atoms with Crippen molar-refractivity contribution < 1.29 is 22.7 Å². The Labute approximate surface area is 249 Å². The normalized spacial score (nSPS) is 15.3. The van der Waals surface area contributed by atoms with Gasteiger partial charge in [0.15, 0.2) is 11.3 Å². The number of anilines is 1. The summed E-state index contributed by atoms with van der Waals surface area (Å²) in [6.45, 7) is 6.22. The maximum Gasteiger partial charge on any atom is 0.417 e. The van der Waals surface area contributed by atoms with Crippen LogP contribution >= 0.6 is 11.9 Å². The van der Waals surface area contributed by atoms with Gasteiger partial charge in [0.1, 0.15) is 11.6 Å². The van der Waals surface area contributed by atoms with Crippen molar-refractivity contribution in [1.29, 1.82) is 5.26 Å². The Hall–Kier alpha value is -4.35. The maximum absolute atomic E-state index is 13.5. The van der Waals surface area contributed by atoms with E-state index in [4.69, 9.17) is 10.00 Å². The van der Waals surface area contributed by atoms with E-state index in [1.165, 1.54) is 22.9 Å². The van der Waals surface area contributed by atoms with Gasteiger partial charge >= 0.3 is 6.18 Å². The van der Waals surface area contributed by atoms with Gasteiger partial charge in [0.05, 0.1) is 41.1 Å². The second-order valence-corrected chi connectivity index (χ2v) is 10.8. The van der Waals surface area contributed by atoms with E-state index in [1.807, 2.05) is 13.8 Å². The van der Waals surface area contributed by atoms with E-state index in [0.29, 0.717) is 58.5 Å². The quantitative estimate of drug-likeness (QED) is 0.252. The van der Waals surface area contributed by atoms with Gasteiger partial charge in [-0.25, -0.2) is 14.2 Å². The molecule has 10 nitrogen and oxygen atoms in total. The minimum atomic E-state index is -4.72. The van der Waals surface area contributed by atoms with Gasteiger partial charge in [-0.3, -0.25) is 9.59 Å². The molecule has 0 spiro atoms. The molecule has 5 rings (SSSR count). The maximum atomic E-state index is 13.5. The van der Waals surface area contributed by atoms with Gasteiger partial charge in [-0.05, 0) is 75.0 Å². The van der Waals surface area contributed by atoms with Gasteiger partial charge in [-0.1, -0.05) is 6.92 Å². The lowest BCUT2D eigenvalue weighted by Gasteiger charge is -2.19. The lowest BCUT2D eigenvalue weighted by molar-refractivity contribution is -0.137. The molecule has 14 heteroatoms. The summed E-state index contributed by atoms with van der Waals surface area (Å²) >= 11 is 1.18. The Kier molecular flexibility index (Phi) is 8.48. The molecule has 0 bridgehead atoms. The summed E-state index contributed by atoms with van der Waals surface area (Å²) in [7, 11) is 0. The molecule has 4 aromatic rings. The van der Waals surface area contributed by atoms with E-state index in [-0.39, 0.29) is 23.7 Å². The first-order chi connectivity index (χ1) is 20.5. The van der Waals surface area contributed by atoms with Gasteiger partial charge in [0, 0.05) is 23.5 Å². The molecule has 3 heterocycles. The van der Waals surface area contributed by atoms with Crippen molar-refractivity contribution in [3.05, 3.63) is 69.4 Å². The lowest BCUT2D eigenvalue weighted by Crippen LogP contribution is -2.35. The summed E-state index contributed by atoms with van der Waals surface area (Å²) in [5.41, 5.74) is -0.317.